The smallest absolute Gasteiger partial charge is 0.411 e. The lowest BCUT2D eigenvalue weighted by Crippen LogP contribution is -2.18. The van der Waals surface area contributed by atoms with Crippen LogP contribution in [-0.4, -0.2) is 33.4 Å². The fourth-order valence-electron chi connectivity index (χ4n) is 2.60. The fourth-order valence-corrected chi connectivity index (χ4v) is 2.60. The van der Waals surface area contributed by atoms with E-state index in [1.165, 1.54) is 42.7 Å². The Morgan fingerprint density at radius 1 is 1.31 bits per heavy atom. The summed E-state index contributed by atoms with van der Waals surface area (Å²) in [6.45, 7) is -0.269. The molecule has 0 saturated heterocycles. The summed E-state index contributed by atoms with van der Waals surface area (Å²) in [5.41, 5.74) is 0.655. The molecular weight excluding hydrogens is 437 g/mol. The standard InChI is InChI=1S/C19H17F3N4O6/c1-12-6-14(2-4-16(12)26(28)29)31-9-15-3-5-17(32-15)18(27)24-13-7-23-25(8-13)11-30-10-19(20,21)22/h2-8H,9-11H2,1H3,(H,24,27). The summed E-state index contributed by atoms with van der Waals surface area (Å²) in [5, 5.41) is 17.1. The number of nitrogens with zero attached hydrogens (tertiary/aromatic N) is 3. The molecule has 0 spiro atoms. The van der Waals surface area contributed by atoms with E-state index in [2.05, 4.69) is 15.2 Å². The number of hydrogen-bond donors (Lipinski definition) is 1. The van der Waals surface area contributed by atoms with Gasteiger partial charge in [0.25, 0.3) is 11.6 Å². The number of furan rings is 1. The van der Waals surface area contributed by atoms with Crippen molar-refractivity contribution in [1.29, 1.82) is 0 Å². The quantitative estimate of drug-likeness (QED) is 0.382. The molecule has 13 heteroatoms. The first kappa shape index (κ1) is 22.8. The number of nitrogens with one attached hydrogen (secondary N) is 1. The number of anilines is 1. The zero-order chi connectivity index (χ0) is 23.3. The normalized spacial score (nSPS) is 11.4. The van der Waals surface area contributed by atoms with Crippen molar-refractivity contribution < 1.29 is 36.8 Å². The predicted octanol–water partition coefficient (Wildman–Crippen LogP) is 4.06. The minimum absolute atomic E-state index is 0.0149. The molecule has 0 atom stereocenters. The molecule has 0 aliphatic heterocycles. The molecule has 0 aliphatic rings. The van der Waals surface area contributed by atoms with E-state index < -0.39 is 30.3 Å². The molecule has 0 aliphatic carbocycles. The second kappa shape index (κ2) is 9.51. The van der Waals surface area contributed by atoms with E-state index in [1.54, 1.807) is 6.92 Å². The van der Waals surface area contributed by atoms with Gasteiger partial charge in [0.1, 0.15) is 31.5 Å². The molecule has 32 heavy (non-hydrogen) atoms. The Hall–Kier alpha value is -3.87. The van der Waals surface area contributed by atoms with Gasteiger partial charge in [0.05, 0.1) is 23.0 Å². The number of nitro groups is 1. The lowest BCUT2D eigenvalue weighted by molar-refractivity contribution is -0.385. The van der Waals surface area contributed by atoms with Crippen LogP contribution in [0.5, 0.6) is 5.75 Å². The molecule has 3 rings (SSSR count). The second-order valence-electron chi connectivity index (χ2n) is 6.58. The first-order chi connectivity index (χ1) is 15.1. The van der Waals surface area contributed by atoms with E-state index in [1.807, 2.05) is 0 Å². The highest BCUT2D eigenvalue weighted by Crippen LogP contribution is 2.24. The van der Waals surface area contributed by atoms with Crippen LogP contribution in [-0.2, 0) is 18.1 Å². The Balaban J connectivity index is 1.51. The van der Waals surface area contributed by atoms with Gasteiger partial charge in [-0.3, -0.25) is 14.9 Å². The average molecular weight is 454 g/mol. The van der Waals surface area contributed by atoms with Crippen LogP contribution in [0.4, 0.5) is 24.5 Å². The Kier molecular flexibility index (Phi) is 6.78. The van der Waals surface area contributed by atoms with Crippen LogP contribution in [0.15, 0.2) is 47.1 Å². The maximum Gasteiger partial charge on any atom is 0.411 e. The van der Waals surface area contributed by atoms with Gasteiger partial charge in [0.2, 0.25) is 0 Å². The van der Waals surface area contributed by atoms with Gasteiger partial charge in [0.15, 0.2) is 5.76 Å². The van der Waals surface area contributed by atoms with Gasteiger partial charge in [-0.2, -0.15) is 18.3 Å². The molecule has 3 aromatic rings. The minimum atomic E-state index is -4.44. The molecule has 1 aromatic carbocycles. The monoisotopic (exact) mass is 454 g/mol. The molecular formula is C19H17F3N4O6. The van der Waals surface area contributed by atoms with Crippen molar-refractivity contribution in [3.05, 3.63) is 69.9 Å². The first-order valence-electron chi connectivity index (χ1n) is 9.05. The van der Waals surface area contributed by atoms with Gasteiger partial charge in [-0.25, -0.2) is 4.68 Å². The van der Waals surface area contributed by atoms with Crippen LogP contribution in [0, 0.1) is 17.0 Å². The van der Waals surface area contributed by atoms with Crippen molar-refractivity contribution in [3.63, 3.8) is 0 Å². The molecule has 0 radical (unpaired) electrons. The number of carbonyl (C=O) groups is 1. The van der Waals surface area contributed by atoms with Crippen molar-refractivity contribution in [3.8, 4) is 5.75 Å². The summed E-state index contributed by atoms with van der Waals surface area (Å²) in [7, 11) is 0. The highest BCUT2D eigenvalue weighted by atomic mass is 19.4. The molecule has 2 heterocycles. The SMILES string of the molecule is Cc1cc(OCc2ccc(C(=O)Nc3cnn(COCC(F)(F)F)c3)o2)ccc1[N+](=O)[O-]. The van der Waals surface area contributed by atoms with Crippen LogP contribution in [0.25, 0.3) is 0 Å². The van der Waals surface area contributed by atoms with Crippen molar-refractivity contribution >= 4 is 17.3 Å². The zero-order valence-corrected chi connectivity index (χ0v) is 16.6. The molecule has 0 unspecified atom stereocenters. The summed E-state index contributed by atoms with van der Waals surface area (Å²) in [4.78, 5) is 22.6. The molecule has 2 aromatic heterocycles. The number of ether oxygens (including phenoxy) is 2. The number of alkyl halides is 3. The van der Waals surface area contributed by atoms with Gasteiger partial charge in [-0.15, -0.1) is 0 Å². The summed E-state index contributed by atoms with van der Waals surface area (Å²) in [6, 6.07) is 7.26. The van der Waals surface area contributed by atoms with Gasteiger partial charge >= 0.3 is 6.18 Å². The molecule has 1 amide bonds. The Morgan fingerprint density at radius 2 is 2.09 bits per heavy atom. The Labute approximate surface area is 178 Å². The first-order valence-corrected chi connectivity index (χ1v) is 9.05. The number of nitro benzene ring substituents is 1. The number of aromatic nitrogens is 2. The second-order valence-corrected chi connectivity index (χ2v) is 6.58. The third kappa shape index (κ3) is 6.31. The largest absolute Gasteiger partial charge is 0.486 e. The van der Waals surface area contributed by atoms with E-state index in [0.717, 1.165) is 4.68 Å². The Morgan fingerprint density at radius 3 is 2.78 bits per heavy atom. The molecule has 1 N–H and O–H groups in total. The Bertz CT molecular complexity index is 1110. The van der Waals surface area contributed by atoms with Crippen LogP contribution in [0.2, 0.25) is 0 Å². The molecule has 0 saturated carbocycles. The van der Waals surface area contributed by atoms with Crippen LogP contribution in [0.1, 0.15) is 21.9 Å². The number of amides is 1. The number of benzene rings is 1. The van der Waals surface area contributed by atoms with Gasteiger partial charge in [-0.05, 0) is 31.2 Å². The van der Waals surface area contributed by atoms with Crippen molar-refractivity contribution in [2.75, 3.05) is 11.9 Å². The summed E-state index contributed by atoms with van der Waals surface area (Å²) >= 11 is 0. The van der Waals surface area contributed by atoms with Crippen LogP contribution < -0.4 is 10.1 Å². The molecule has 0 fully saturated rings. The van der Waals surface area contributed by atoms with E-state index in [9.17, 15) is 28.1 Å². The average Bonchev–Trinajstić information content (AvgIpc) is 3.35. The molecule has 170 valence electrons. The van der Waals surface area contributed by atoms with Gasteiger partial charge in [0, 0.05) is 11.6 Å². The fraction of sp³-hybridized carbons (Fsp3) is 0.263. The number of rotatable bonds is 9. The zero-order valence-electron chi connectivity index (χ0n) is 16.6. The summed E-state index contributed by atoms with van der Waals surface area (Å²) < 4.78 is 52.8. The van der Waals surface area contributed by atoms with Crippen LogP contribution >= 0.6 is 0 Å². The number of halogens is 3. The predicted molar refractivity (Wildman–Crippen MR) is 103 cm³/mol. The highest BCUT2D eigenvalue weighted by molar-refractivity contribution is 6.02. The topological polar surface area (TPSA) is 122 Å². The van der Waals surface area contributed by atoms with E-state index in [0.29, 0.717) is 17.1 Å². The van der Waals surface area contributed by atoms with E-state index >= 15 is 0 Å². The number of hydrogen-bond acceptors (Lipinski definition) is 7. The maximum atomic E-state index is 12.3. The summed E-state index contributed by atoms with van der Waals surface area (Å²) in [6.07, 6.45) is -1.89. The maximum absolute atomic E-state index is 12.3. The third-order valence-electron chi connectivity index (χ3n) is 4.01. The van der Waals surface area contributed by atoms with E-state index in [4.69, 9.17) is 9.15 Å². The van der Waals surface area contributed by atoms with Gasteiger partial charge < -0.3 is 19.2 Å². The van der Waals surface area contributed by atoms with Crippen molar-refractivity contribution in [1.82, 2.24) is 9.78 Å². The molecule has 0 bridgehead atoms. The van der Waals surface area contributed by atoms with Gasteiger partial charge in [-0.1, -0.05) is 0 Å². The minimum Gasteiger partial charge on any atom is -0.486 e. The van der Waals surface area contributed by atoms with E-state index in [-0.39, 0.29) is 23.7 Å². The van der Waals surface area contributed by atoms with Crippen molar-refractivity contribution in [2.24, 2.45) is 0 Å². The number of carbonyl (C=O) groups excluding carboxylic acids is 1. The lowest BCUT2D eigenvalue weighted by Gasteiger charge is -2.07. The number of aryl methyl sites for hydroxylation is 1. The summed E-state index contributed by atoms with van der Waals surface area (Å²) in [5.74, 6) is 0.112. The highest BCUT2D eigenvalue weighted by Gasteiger charge is 2.27. The molecule has 10 nitrogen and oxygen atoms in total. The third-order valence-corrected chi connectivity index (χ3v) is 4.01. The lowest BCUT2D eigenvalue weighted by atomic mass is 10.2. The van der Waals surface area contributed by atoms with Crippen molar-refractivity contribution in [2.45, 2.75) is 26.4 Å². The van der Waals surface area contributed by atoms with Crippen LogP contribution in [0.3, 0.4) is 0 Å².